The third kappa shape index (κ3) is 4.10. The first-order chi connectivity index (χ1) is 8.99. The molecule has 0 fully saturated rings. The van der Waals surface area contributed by atoms with Gasteiger partial charge in [0, 0.05) is 36.8 Å². The van der Waals surface area contributed by atoms with Gasteiger partial charge < -0.3 is 20.6 Å². The van der Waals surface area contributed by atoms with Gasteiger partial charge in [-0.3, -0.25) is 4.98 Å². The number of oxime groups is 1. The Bertz CT molecular complexity index is 460. The minimum Gasteiger partial charge on any atom is -0.496 e. The average Bonchev–Trinajstić information content (AvgIpc) is 2.40. The van der Waals surface area contributed by atoms with Crippen molar-refractivity contribution >= 4 is 5.84 Å². The zero-order chi connectivity index (χ0) is 14.4. The maximum Gasteiger partial charge on any atom is 0.140 e. The Hall–Kier alpha value is -1.82. The zero-order valence-electron chi connectivity index (χ0n) is 12.0. The van der Waals surface area contributed by atoms with Gasteiger partial charge in [0.25, 0.3) is 0 Å². The van der Waals surface area contributed by atoms with Crippen LogP contribution in [0, 0.1) is 13.8 Å². The van der Waals surface area contributed by atoms with E-state index in [9.17, 15) is 0 Å². The molecule has 1 heterocycles. The predicted octanol–water partition coefficient (Wildman–Crippen LogP) is 1.28. The van der Waals surface area contributed by atoms with Crippen molar-refractivity contribution < 1.29 is 9.94 Å². The number of hydrogen-bond donors (Lipinski definition) is 2. The number of methoxy groups -OCH3 is 1. The third-order valence-corrected chi connectivity index (χ3v) is 3.05. The first kappa shape index (κ1) is 15.2. The quantitative estimate of drug-likeness (QED) is 0.351. The van der Waals surface area contributed by atoms with Crippen LogP contribution in [0.15, 0.2) is 11.4 Å². The van der Waals surface area contributed by atoms with E-state index in [1.165, 1.54) is 0 Å². The fraction of sp³-hybridized carbons (Fsp3) is 0.538. The summed E-state index contributed by atoms with van der Waals surface area (Å²) in [5.74, 6) is 1.12. The van der Waals surface area contributed by atoms with Crippen LogP contribution in [0.4, 0.5) is 0 Å². The fourth-order valence-corrected chi connectivity index (χ4v) is 1.92. The van der Waals surface area contributed by atoms with Crippen LogP contribution in [0.2, 0.25) is 0 Å². The smallest absolute Gasteiger partial charge is 0.140 e. The number of ether oxygens (including phenoxy) is 1. The maximum atomic E-state index is 8.50. The highest BCUT2D eigenvalue weighted by atomic mass is 16.5. The molecule has 1 aromatic heterocycles. The van der Waals surface area contributed by atoms with Crippen molar-refractivity contribution in [1.82, 2.24) is 9.88 Å². The number of rotatable bonds is 6. The lowest BCUT2D eigenvalue weighted by Crippen LogP contribution is -2.25. The lowest BCUT2D eigenvalue weighted by atomic mass is 10.1. The monoisotopic (exact) mass is 266 g/mol. The normalized spacial score (nSPS) is 11.9. The van der Waals surface area contributed by atoms with Gasteiger partial charge in [-0.25, -0.2) is 0 Å². The van der Waals surface area contributed by atoms with E-state index in [1.807, 2.05) is 27.1 Å². The molecule has 19 heavy (non-hydrogen) atoms. The lowest BCUT2D eigenvalue weighted by molar-refractivity contribution is 0.308. The lowest BCUT2D eigenvalue weighted by Gasteiger charge is -2.18. The molecule has 6 nitrogen and oxygen atoms in total. The molecule has 0 aliphatic carbocycles. The molecular formula is C13H22N4O2. The molecule has 0 amide bonds. The average molecular weight is 266 g/mol. The maximum absolute atomic E-state index is 8.50. The van der Waals surface area contributed by atoms with Crippen LogP contribution in [0.1, 0.15) is 23.2 Å². The molecule has 0 unspecified atom stereocenters. The molecular weight excluding hydrogens is 244 g/mol. The molecule has 0 aliphatic heterocycles. The van der Waals surface area contributed by atoms with Crippen molar-refractivity contribution in [2.45, 2.75) is 26.8 Å². The number of hydrogen-bond acceptors (Lipinski definition) is 5. The number of nitrogens with two attached hydrogens (primary N) is 1. The van der Waals surface area contributed by atoms with Gasteiger partial charge >= 0.3 is 0 Å². The van der Waals surface area contributed by atoms with Crippen LogP contribution >= 0.6 is 0 Å². The summed E-state index contributed by atoms with van der Waals surface area (Å²) in [6.45, 7) is 5.38. The van der Waals surface area contributed by atoms with E-state index in [0.29, 0.717) is 19.5 Å². The minimum absolute atomic E-state index is 0.234. The van der Waals surface area contributed by atoms with Gasteiger partial charge in [-0.2, -0.15) is 0 Å². The fourth-order valence-electron chi connectivity index (χ4n) is 1.92. The summed E-state index contributed by atoms with van der Waals surface area (Å²) in [5, 5.41) is 11.5. The Kier molecular flexibility index (Phi) is 5.57. The van der Waals surface area contributed by atoms with Crippen LogP contribution in [0.3, 0.4) is 0 Å². The molecule has 0 bridgehead atoms. The molecule has 0 spiro atoms. The summed E-state index contributed by atoms with van der Waals surface area (Å²) < 4.78 is 5.38. The van der Waals surface area contributed by atoms with Gasteiger partial charge in [-0.1, -0.05) is 5.16 Å². The van der Waals surface area contributed by atoms with Gasteiger partial charge in [0.05, 0.1) is 12.8 Å². The topological polar surface area (TPSA) is 84.0 Å². The van der Waals surface area contributed by atoms with E-state index in [1.54, 1.807) is 7.11 Å². The van der Waals surface area contributed by atoms with E-state index < -0.39 is 0 Å². The van der Waals surface area contributed by atoms with Gasteiger partial charge in [0.15, 0.2) is 0 Å². The Morgan fingerprint density at radius 3 is 2.79 bits per heavy atom. The van der Waals surface area contributed by atoms with E-state index in [4.69, 9.17) is 15.7 Å². The molecule has 0 aromatic carbocycles. The summed E-state index contributed by atoms with van der Waals surface area (Å²) in [6.07, 6.45) is 2.34. The van der Waals surface area contributed by atoms with Crippen molar-refractivity contribution in [3.8, 4) is 5.75 Å². The molecule has 0 saturated heterocycles. The largest absolute Gasteiger partial charge is 0.496 e. The Labute approximate surface area is 113 Å². The standard InChI is InChI=1S/C13H22N4O2/c1-9-7-15-11(10(2)13(9)19-4)8-17(3)6-5-12(14)16-18/h7,18H,5-6,8H2,1-4H3,(H2,14,16). The first-order valence-electron chi connectivity index (χ1n) is 6.13. The molecule has 0 saturated carbocycles. The van der Waals surface area contributed by atoms with Gasteiger partial charge in [0.1, 0.15) is 11.6 Å². The summed E-state index contributed by atoms with van der Waals surface area (Å²) in [7, 11) is 3.64. The summed E-state index contributed by atoms with van der Waals surface area (Å²) in [4.78, 5) is 6.51. The molecule has 3 N–H and O–H groups in total. The number of amidine groups is 1. The molecule has 0 atom stereocenters. The van der Waals surface area contributed by atoms with Crippen molar-refractivity contribution in [3.05, 3.63) is 23.0 Å². The van der Waals surface area contributed by atoms with Crippen LogP contribution in [-0.4, -0.2) is 41.6 Å². The van der Waals surface area contributed by atoms with Gasteiger partial charge in [-0.15, -0.1) is 0 Å². The molecule has 106 valence electrons. The van der Waals surface area contributed by atoms with Crippen molar-refractivity contribution in [1.29, 1.82) is 0 Å². The second kappa shape index (κ2) is 6.94. The molecule has 1 rings (SSSR count). The van der Waals surface area contributed by atoms with E-state index in [-0.39, 0.29) is 5.84 Å². The predicted molar refractivity (Wildman–Crippen MR) is 74.6 cm³/mol. The Morgan fingerprint density at radius 2 is 2.21 bits per heavy atom. The second-order valence-corrected chi connectivity index (χ2v) is 4.63. The number of nitrogens with zero attached hydrogens (tertiary/aromatic N) is 3. The molecule has 0 radical (unpaired) electrons. The van der Waals surface area contributed by atoms with Gasteiger partial charge in [-0.05, 0) is 20.9 Å². The second-order valence-electron chi connectivity index (χ2n) is 4.63. The van der Waals surface area contributed by atoms with Crippen molar-refractivity contribution in [3.63, 3.8) is 0 Å². The first-order valence-corrected chi connectivity index (χ1v) is 6.13. The van der Waals surface area contributed by atoms with E-state index in [2.05, 4.69) is 15.0 Å². The SMILES string of the molecule is COc1c(C)cnc(CN(C)CC/C(N)=N/O)c1C. The summed E-state index contributed by atoms with van der Waals surface area (Å²) >= 11 is 0. The molecule has 0 aliphatic rings. The van der Waals surface area contributed by atoms with Crippen molar-refractivity contribution in [2.75, 3.05) is 20.7 Å². The van der Waals surface area contributed by atoms with E-state index >= 15 is 0 Å². The highest BCUT2D eigenvalue weighted by molar-refractivity contribution is 5.79. The Morgan fingerprint density at radius 1 is 1.53 bits per heavy atom. The number of aryl methyl sites for hydroxylation is 1. The summed E-state index contributed by atoms with van der Waals surface area (Å²) in [5.41, 5.74) is 8.51. The Balaban J connectivity index is 2.72. The van der Waals surface area contributed by atoms with Crippen LogP contribution in [0.5, 0.6) is 5.75 Å². The molecule has 6 heteroatoms. The molecule has 1 aromatic rings. The van der Waals surface area contributed by atoms with Crippen molar-refractivity contribution in [2.24, 2.45) is 10.9 Å². The highest BCUT2D eigenvalue weighted by Crippen LogP contribution is 2.24. The van der Waals surface area contributed by atoms with Crippen LogP contribution in [-0.2, 0) is 6.54 Å². The number of aromatic nitrogens is 1. The minimum atomic E-state index is 0.234. The van der Waals surface area contributed by atoms with Gasteiger partial charge in [0.2, 0.25) is 0 Å². The van der Waals surface area contributed by atoms with Crippen LogP contribution < -0.4 is 10.5 Å². The van der Waals surface area contributed by atoms with Crippen LogP contribution in [0.25, 0.3) is 0 Å². The van der Waals surface area contributed by atoms with E-state index in [0.717, 1.165) is 22.6 Å². The summed E-state index contributed by atoms with van der Waals surface area (Å²) in [6, 6.07) is 0. The highest BCUT2D eigenvalue weighted by Gasteiger charge is 2.11. The number of pyridine rings is 1. The third-order valence-electron chi connectivity index (χ3n) is 3.05. The zero-order valence-corrected chi connectivity index (χ0v) is 12.0.